The minimum atomic E-state index is -0.553. The van der Waals surface area contributed by atoms with Crippen LogP contribution in [0.25, 0.3) is 11.0 Å². The van der Waals surface area contributed by atoms with E-state index in [4.69, 9.17) is 9.26 Å². The Kier molecular flexibility index (Phi) is 3.54. The van der Waals surface area contributed by atoms with E-state index >= 15 is 0 Å². The number of nitrogens with one attached hydrogen (secondary N) is 1. The SMILES string of the molecule is Cc1cc2c(NC(=O)OC(C)(C)C)noc2cc1Br. The molecule has 0 radical (unpaired) electrons. The van der Waals surface area contributed by atoms with Gasteiger partial charge in [-0.2, -0.15) is 0 Å². The second-order valence-electron chi connectivity index (χ2n) is 5.26. The van der Waals surface area contributed by atoms with E-state index in [1.807, 2.05) is 19.1 Å². The lowest BCUT2D eigenvalue weighted by atomic mass is 10.2. The molecule has 1 aromatic carbocycles. The van der Waals surface area contributed by atoms with Crippen LogP contribution in [0.4, 0.5) is 10.6 Å². The number of hydrogen-bond acceptors (Lipinski definition) is 4. The van der Waals surface area contributed by atoms with Crippen LogP contribution in [0.5, 0.6) is 0 Å². The average molecular weight is 327 g/mol. The lowest BCUT2D eigenvalue weighted by molar-refractivity contribution is 0.0635. The smallest absolute Gasteiger partial charge is 0.413 e. The number of halogens is 1. The number of anilines is 1. The molecule has 0 atom stereocenters. The van der Waals surface area contributed by atoms with Crippen LogP contribution in [0, 0.1) is 6.92 Å². The van der Waals surface area contributed by atoms with Crippen LogP contribution in [-0.4, -0.2) is 16.9 Å². The van der Waals surface area contributed by atoms with Crippen LogP contribution in [0.3, 0.4) is 0 Å². The molecule has 1 N–H and O–H groups in total. The maximum atomic E-state index is 11.7. The molecular weight excluding hydrogens is 312 g/mol. The Morgan fingerprint density at radius 2 is 2.11 bits per heavy atom. The number of hydrogen-bond donors (Lipinski definition) is 1. The molecule has 0 aliphatic rings. The number of carbonyl (C=O) groups is 1. The monoisotopic (exact) mass is 326 g/mol. The fraction of sp³-hybridized carbons (Fsp3) is 0.385. The standard InChI is InChI=1S/C13H15BrN2O3/c1-7-5-8-10(6-9(7)14)19-16-11(8)15-12(17)18-13(2,3)4/h5-6H,1-4H3,(H,15,16,17). The molecule has 1 heterocycles. The van der Waals surface area contributed by atoms with E-state index in [0.29, 0.717) is 11.4 Å². The summed E-state index contributed by atoms with van der Waals surface area (Å²) in [6, 6.07) is 3.71. The minimum Gasteiger partial charge on any atom is -0.444 e. The van der Waals surface area contributed by atoms with Gasteiger partial charge in [-0.05, 0) is 45.4 Å². The van der Waals surface area contributed by atoms with Crippen molar-refractivity contribution in [2.24, 2.45) is 0 Å². The molecule has 0 saturated carbocycles. The number of benzene rings is 1. The normalized spacial score (nSPS) is 11.6. The summed E-state index contributed by atoms with van der Waals surface area (Å²) in [6.45, 7) is 7.35. The second-order valence-corrected chi connectivity index (χ2v) is 6.11. The molecule has 0 aliphatic heterocycles. The summed E-state index contributed by atoms with van der Waals surface area (Å²) in [5.74, 6) is 0.361. The number of nitrogens with zero attached hydrogens (tertiary/aromatic N) is 1. The van der Waals surface area contributed by atoms with E-state index in [9.17, 15) is 4.79 Å². The van der Waals surface area contributed by atoms with Crippen molar-refractivity contribution in [2.45, 2.75) is 33.3 Å². The van der Waals surface area contributed by atoms with Gasteiger partial charge in [0.15, 0.2) is 11.4 Å². The van der Waals surface area contributed by atoms with E-state index in [1.54, 1.807) is 20.8 Å². The van der Waals surface area contributed by atoms with Gasteiger partial charge in [-0.1, -0.05) is 21.1 Å². The summed E-state index contributed by atoms with van der Waals surface area (Å²) in [5, 5.41) is 7.17. The predicted molar refractivity (Wildman–Crippen MR) is 76.3 cm³/mol. The molecule has 0 bridgehead atoms. The highest BCUT2D eigenvalue weighted by molar-refractivity contribution is 9.10. The van der Waals surface area contributed by atoms with Gasteiger partial charge < -0.3 is 9.26 Å². The van der Waals surface area contributed by atoms with Gasteiger partial charge in [0.2, 0.25) is 0 Å². The highest BCUT2D eigenvalue weighted by Crippen LogP contribution is 2.29. The number of aromatic nitrogens is 1. The molecule has 2 rings (SSSR count). The molecule has 19 heavy (non-hydrogen) atoms. The number of aryl methyl sites for hydroxylation is 1. The molecule has 1 aromatic heterocycles. The Morgan fingerprint density at radius 1 is 1.42 bits per heavy atom. The number of carbonyl (C=O) groups excluding carboxylic acids is 1. The third-order valence-electron chi connectivity index (χ3n) is 2.37. The zero-order valence-corrected chi connectivity index (χ0v) is 12.8. The van der Waals surface area contributed by atoms with Gasteiger partial charge in [0, 0.05) is 4.47 Å². The lowest BCUT2D eigenvalue weighted by Crippen LogP contribution is -2.27. The molecule has 0 spiro atoms. The molecule has 0 aliphatic carbocycles. The van der Waals surface area contributed by atoms with Gasteiger partial charge in [-0.15, -0.1) is 0 Å². The van der Waals surface area contributed by atoms with Crippen molar-refractivity contribution >= 4 is 38.8 Å². The minimum absolute atomic E-state index is 0.361. The van der Waals surface area contributed by atoms with Crippen molar-refractivity contribution < 1.29 is 14.1 Å². The number of amides is 1. The number of fused-ring (bicyclic) bond motifs is 1. The van der Waals surface area contributed by atoms with Crippen molar-refractivity contribution in [3.63, 3.8) is 0 Å². The van der Waals surface area contributed by atoms with Crippen molar-refractivity contribution in [3.05, 3.63) is 22.2 Å². The quantitative estimate of drug-likeness (QED) is 0.850. The Hall–Kier alpha value is -1.56. The Morgan fingerprint density at radius 3 is 2.74 bits per heavy atom. The van der Waals surface area contributed by atoms with Crippen molar-refractivity contribution in [2.75, 3.05) is 5.32 Å². The summed E-state index contributed by atoms with van der Waals surface area (Å²) in [5.41, 5.74) is 1.08. The van der Waals surface area contributed by atoms with Gasteiger partial charge in [-0.25, -0.2) is 4.79 Å². The topological polar surface area (TPSA) is 64.4 Å². The van der Waals surface area contributed by atoms with Crippen LogP contribution in [0.2, 0.25) is 0 Å². The third kappa shape index (κ3) is 3.26. The van der Waals surface area contributed by atoms with E-state index in [0.717, 1.165) is 15.4 Å². The van der Waals surface area contributed by atoms with E-state index in [2.05, 4.69) is 26.4 Å². The molecule has 0 saturated heterocycles. The summed E-state index contributed by atoms with van der Waals surface area (Å²) < 4.78 is 11.3. The van der Waals surface area contributed by atoms with Crippen LogP contribution in [0.1, 0.15) is 26.3 Å². The lowest BCUT2D eigenvalue weighted by Gasteiger charge is -2.19. The molecule has 1 amide bonds. The fourth-order valence-corrected chi connectivity index (χ4v) is 1.88. The van der Waals surface area contributed by atoms with Crippen LogP contribution >= 0.6 is 15.9 Å². The molecule has 5 nitrogen and oxygen atoms in total. The zero-order chi connectivity index (χ0) is 14.2. The van der Waals surface area contributed by atoms with E-state index in [-0.39, 0.29) is 0 Å². The summed E-state index contributed by atoms with van der Waals surface area (Å²) in [6.07, 6.45) is -0.553. The molecule has 102 valence electrons. The van der Waals surface area contributed by atoms with Crippen molar-refractivity contribution in [3.8, 4) is 0 Å². The molecule has 6 heteroatoms. The van der Waals surface area contributed by atoms with Gasteiger partial charge >= 0.3 is 6.09 Å². The van der Waals surface area contributed by atoms with Gasteiger partial charge in [0.1, 0.15) is 5.60 Å². The highest BCUT2D eigenvalue weighted by atomic mass is 79.9. The Labute approximate surface area is 119 Å². The predicted octanol–water partition coefficient (Wildman–Crippen LogP) is 4.25. The van der Waals surface area contributed by atoms with Gasteiger partial charge in [0.05, 0.1) is 5.39 Å². The Balaban J connectivity index is 2.27. The third-order valence-corrected chi connectivity index (χ3v) is 3.22. The van der Waals surface area contributed by atoms with Gasteiger partial charge in [-0.3, -0.25) is 5.32 Å². The number of rotatable bonds is 1. The fourth-order valence-electron chi connectivity index (χ4n) is 1.56. The number of ether oxygens (including phenoxy) is 1. The molecule has 0 unspecified atom stereocenters. The average Bonchev–Trinajstić information content (AvgIpc) is 2.59. The Bertz CT molecular complexity index is 629. The van der Waals surface area contributed by atoms with Crippen molar-refractivity contribution in [1.82, 2.24) is 5.16 Å². The first kappa shape index (κ1) is 13.9. The molecule has 0 fully saturated rings. The van der Waals surface area contributed by atoms with Crippen molar-refractivity contribution in [1.29, 1.82) is 0 Å². The second kappa shape index (κ2) is 4.85. The first-order valence-corrected chi connectivity index (χ1v) is 6.61. The van der Waals surface area contributed by atoms with Crippen LogP contribution < -0.4 is 5.32 Å². The largest absolute Gasteiger partial charge is 0.444 e. The maximum absolute atomic E-state index is 11.7. The summed E-state index contributed by atoms with van der Waals surface area (Å²) in [7, 11) is 0. The molecular formula is C13H15BrN2O3. The maximum Gasteiger partial charge on any atom is 0.413 e. The van der Waals surface area contributed by atoms with E-state index < -0.39 is 11.7 Å². The van der Waals surface area contributed by atoms with E-state index in [1.165, 1.54) is 0 Å². The summed E-state index contributed by atoms with van der Waals surface area (Å²) >= 11 is 3.42. The van der Waals surface area contributed by atoms with Gasteiger partial charge in [0.25, 0.3) is 0 Å². The highest BCUT2D eigenvalue weighted by Gasteiger charge is 2.19. The van der Waals surface area contributed by atoms with Crippen LogP contribution in [-0.2, 0) is 4.74 Å². The molecule has 2 aromatic rings. The first-order valence-electron chi connectivity index (χ1n) is 5.82. The zero-order valence-electron chi connectivity index (χ0n) is 11.2. The summed E-state index contributed by atoms with van der Waals surface area (Å²) in [4.78, 5) is 11.7. The van der Waals surface area contributed by atoms with Crippen LogP contribution in [0.15, 0.2) is 21.1 Å². The first-order chi connectivity index (χ1) is 8.76.